The van der Waals surface area contributed by atoms with E-state index in [0.29, 0.717) is 28.5 Å². The lowest BCUT2D eigenvalue weighted by Gasteiger charge is -2.61. The fourth-order valence-electron chi connectivity index (χ4n) is 8.64. The van der Waals surface area contributed by atoms with Gasteiger partial charge in [-0.1, -0.05) is 49.9 Å². The van der Waals surface area contributed by atoms with Crippen LogP contribution in [0.2, 0.25) is 10.0 Å². The van der Waals surface area contributed by atoms with Gasteiger partial charge in [-0.05, 0) is 92.6 Å². The van der Waals surface area contributed by atoms with Gasteiger partial charge in [-0.3, -0.25) is 4.99 Å². The molecule has 0 aromatic heterocycles. The van der Waals surface area contributed by atoms with Crippen LogP contribution in [0.1, 0.15) is 83.6 Å². The van der Waals surface area contributed by atoms with E-state index in [1.165, 1.54) is 51.0 Å². The molecule has 7 unspecified atom stereocenters. The molecule has 176 valence electrons. The van der Waals surface area contributed by atoms with Crippen LogP contribution >= 0.6 is 23.2 Å². The summed E-state index contributed by atoms with van der Waals surface area (Å²) in [5, 5.41) is 22.8. The number of phenolic OH excluding ortho intramolecular Hbond substituents is 1. The maximum atomic E-state index is 11.9. The topological polar surface area (TPSA) is 52.8 Å². The second-order valence-electron chi connectivity index (χ2n) is 11.7. The highest BCUT2D eigenvalue weighted by atomic mass is 35.5. The molecular formula is C27H37Cl2NO2. The number of phenols is 1. The first kappa shape index (κ1) is 23.0. The van der Waals surface area contributed by atoms with Gasteiger partial charge < -0.3 is 10.2 Å². The van der Waals surface area contributed by atoms with Gasteiger partial charge in [0.05, 0.1) is 17.2 Å². The molecule has 4 aliphatic rings. The summed E-state index contributed by atoms with van der Waals surface area (Å²) in [6, 6.07) is 3.18. The van der Waals surface area contributed by atoms with Crippen molar-refractivity contribution < 1.29 is 10.2 Å². The van der Waals surface area contributed by atoms with Gasteiger partial charge in [-0.2, -0.15) is 0 Å². The van der Waals surface area contributed by atoms with E-state index in [-0.39, 0.29) is 16.2 Å². The molecule has 0 heterocycles. The molecule has 0 amide bonds. The summed E-state index contributed by atoms with van der Waals surface area (Å²) in [5.41, 5.74) is 0.141. The van der Waals surface area contributed by atoms with Crippen LogP contribution in [0.4, 0.5) is 0 Å². The summed E-state index contributed by atoms with van der Waals surface area (Å²) in [5.74, 6) is 3.08. The highest BCUT2D eigenvalue weighted by molar-refractivity contribution is 6.36. The third-order valence-electron chi connectivity index (χ3n) is 10.5. The van der Waals surface area contributed by atoms with Gasteiger partial charge in [0.25, 0.3) is 0 Å². The van der Waals surface area contributed by atoms with Gasteiger partial charge in [-0.25, -0.2) is 0 Å². The molecule has 1 aromatic carbocycles. The van der Waals surface area contributed by atoms with E-state index < -0.39 is 5.60 Å². The summed E-state index contributed by atoms with van der Waals surface area (Å²) < 4.78 is 0. The molecule has 5 rings (SSSR count). The van der Waals surface area contributed by atoms with Gasteiger partial charge in [0.15, 0.2) is 0 Å². The fraction of sp³-hybridized carbons (Fsp3) is 0.741. The monoisotopic (exact) mass is 477 g/mol. The predicted octanol–water partition coefficient (Wildman–Crippen LogP) is 7.28. The Morgan fingerprint density at radius 1 is 1.00 bits per heavy atom. The normalized spacial score (nSPS) is 43.7. The smallest absolute Gasteiger partial charge is 0.143 e. The lowest BCUT2D eigenvalue weighted by atomic mass is 9.44. The molecule has 0 aliphatic heterocycles. The van der Waals surface area contributed by atoms with Crippen LogP contribution in [0, 0.1) is 34.5 Å². The Morgan fingerprint density at radius 3 is 2.59 bits per heavy atom. The van der Waals surface area contributed by atoms with Crippen LogP contribution < -0.4 is 0 Å². The van der Waals surface area contributed by atoms with Crippen LogP contribution in [-0.2, 0) is 0 Å². The maximum Gasteiger partial charge on any atom is 0.143 e. The summed E-state index contributed by atoms with van der Waals surface area (Å²) in [4.78, 5) is 4.61. The van der Waals surface area contributed by atoms with Gasteiger partial charge in [0, 0.05) is 22.2 Å². The van der Waals surface area contributed by atoms with Crippen molar-refractivity contribution in [3.05, 3.63) is 27.7 Å². The third-order valence-corrected chi connectivity index (χ3v) is 11.1. The van der Waals surface area contributed by atoms with E-state index in [2.05, 4.69) is 18.8 Å². The Balaban J connectivity index is 1.35. The Kier molecular flexibility index (Phi) is 5.87. The Hall–Kier alpha value is -0.770. The SMILES string of the molecule is CC12CCCCC1CCC1C2CCC2(C)C1CCC2(O)CN=Cc1cc(Cl)cc(Cl)c1O. The molecule has 3 nitrogen and oxygen atoms in total. The van der Waals surface area contributed by atoms with Crippen molar-refractivity contribution in [1.29, 1.82) is 0 Å². The van der Waals surface area contributed by atoms with Crippen LogP contribution in [0.25, 0.3) is 0 Å². The van der Waals surface area contributed by atoms with Crippen LogP contribution in [0.3, 0.4) is 0 Å². The minimum atomic E-state index is -0.790. The standard InChI is InChI=1S/C27H37Cl2NO2/c1-25-10-4-3-5-18(25)6-7-20-21(25)8-11-26(2)22(20)9-12-27(26,32)16-30-15-17-13-19(28)14-23(29)24(17)31/h13-15,18,20-22,31-32H,3-12,16H2,1-2H3. The number of aromatic hydroxyl groups is 1. The summed E-state index contributed by atoms with van der Waals surface area (Å²) in [6.07, 6.45) is 14.3. The van der Waals surface area contributed by atoms with Gasteiger partial charge >= 0.3 is 0 Å². The summed E-state index contributed by atoms with van der Waals surface area (Å²) in [7, 11) is 0. The van der Waals surface area contributed by atoms with Crippen molar-refractivity contribution in [1.82, 2.24) is 0 Å². The quantitative estimate of drug-likeness (QED) is 0.449. The molecule has 0 bridgehead atoms. The summed E-state index contributed by atoms with van der Waals surface area (Å²) >= 11 is 12.1. The van der Waals surface area contributed by atoms with Crippen molar-refractivity contribution >= 4 is 29.4 Å². The molecule has 5 heteroatoms. The lowest BCUT2D eigenvalue weighted by molar-refractivity contribution is -0.147. The number of hydrogen-bond acceptors (Lipinski definition) is 3. The minimum Gasteiger partial charge on any atom is -0.506 e. The number of benzene rings is 1. The predicted molar refractivity (Wildman–Crippen MR) is 132 cm³/mol. The fourth-order valence-corrected chi connectivity index (χ4v) is 9.15. The first-order chi connectivity index (χ1) is 15.2. The molecule has 4 aliphatic carbocycles. The van der Waals surface area contributed by atoms with E-state index in [9.17, 15) is 10.2 Å². The molecule has 7 atom stereocenters. The molecule has 4 saturated carbocycles. The third kappa shape index (κ3) is 3.45. The van der Waals surface area contributed by atoms with E-state index in [1.807, 2.05) is 0 Å². The van der Waals surface area contributed by atoms with Gasteiger partial charge in [-0.15, -0.1) is 0 Å². The average molecular weight is 479 g/mol. The van der Waals surface area contributed by atoms with Crippen molar-refractivity contribution in [3.63, 3.8) is 0 Å². The maximum absolute atomic E-state index is 11.9. The van der Waals surface area contributed by atoms with Crippen LogP contribution in [0.5, 0.6) is 5.75 Å². The first-order valence-electron chi connectivity index (χ1n) is 12.6. The van der Waals surface area contributed by atoms with Crippen LogP contribution in [0.15, 0.2) is 17.1 Å². The Morgan fingerprint density at radius 2 is 1.78 bits per heavy atom. The molecule has 32 heavy (non-hydrogen) atoms. The van der Waals surface area contributed by atoms with E-state index >= 15 is 0 Å². The molecule has 0 saturated heterocycles. The number of aliphatic hydroxyl groups is 1. The van der Waals surface area contributed by atoms with Crippen LogP contribution in [-0.4, -0.2) is 28.6 Å². The minimum absolute atomic E-state index is 0.0136. The number of nitrogens with zero attached hydrogens (tertiary/aromatic N) is 1. The lowest BCUT2D eigenvalue weighted by Crippen LogP contribution is -2.56. The Labute approximate surface area is 202 Å². The number of aliphatic imine (C=N–C) groups is 1. The highest BCUT2D eigenvalue weighted by Crippen LogP contribution is 2.68. The largest absolute Gasteiger partial charge is 0.506 e. The van der Waals surface area contributed by atoms with Gasteiger partial charge in [0.1, 0.15) is 5.75 Å². The van der Waals surface area contributed by atoms with Crippen molar-refractivity contribution in [3.8, 4) is 5.75 Å². The zero-order valence-electron chi connectivity index (χ0n) is 19.4. The Bertz CT molecular complexity index is 919. The average Bonchev–Trinajstić information content (AvgIpc) is 3.02. The summed E-state index contributed by atoms with van der Waals surface area (Å²) in [6.45, 7) is 5.30. The van der Waals surface area contributed by atoms with E-state index in [4.69, 9.17) is 23.2 Å². The number of rotatable bonds is 3. The number of halogens is 2. The molecule has 0 spiro atoms. The van der Waals surface area contributed by atoms with Crippen molar-refractivity contribution in [2.45, 2.75) is 83.7 Å². The molecule has 1 aromatic rings. The highest BCUT2D eigenvalue weighted by Gasteiger charge is 2.64. The first-order valence-corrected chi connectivity index (χ1v) is 13.3. The molecule has 0 radical (unpaired) electrons. The van der Waals surface area contributed by atoms with Crippen molar-refractivity contribution in [2.24, 2.45) is 39.5 Å². The zero-order valence-corrected chi connectivity index (χ0v) is 20.9. The van der Waals surface area contributed by atoms with Crippen molar-refractivity contribution in [2.75, 3.05) is 6.54 Å². The second kappa shape index (κ2) is 8.17. The second-order valence-corrected chi connectivity index (χ2v) is 12.6. The number of fused-ring (bicyclic) bond motifs is 5. The van der Waals surface area contributed by atoms with Gasteiger partial charge in [0.2, 0.25) is 0 Å². The van der Waals surface area contributed by atoms with E-state index in [1.54, 1.807) is 12.3 Å². The molecular weight excluding hydrogens is 441 g/mol. The zero-order chi connectivity index (χ0) is 22.7. The van der Waals surface area contributed by atoms with E-state index in [0.717, 1.165) is 37.0 Å². The molecule has 4 fully saturated rings. The molecule has 2 N–H and O–H groups in total. The number of hydrogen-bond donors (Lipinski definition) is 2.